The summed E-state index contributed by atoms with van der Waals surface area (Å²) in [5, 5.41) is 23.4. The molecule has 11 heteroatoms. The number of aliphatic hydroxyl groups is 1. The molecular weight excluding hydrogens is 486 g/mol. The molecule has 10 nitrogen and oxygen atoms in total. The Bertz CT molecular complexity index is 941. The SMILES string of the molecule is CC(C)C[C@H](NC(=O)[C@H](CO)NC(=O)[C@H]1CCCN1C(=O)CC(C)SC(=O)c1ccccc1)C(=O)O. The summed E-state index contributed by atoms with van der Waals surface area (Å²) in [5.41, 5.74) is 0.548. The zero-order valence-electron chi connectivity index (χ0n) is 20.8. The van der Waals surface area contributed by atoms with Crippen LogP contribution < -0.4 is 10.6 Å². The van der Waals surface area contributed by atoms with E-state index < -0.39 is 42.5 Å². The van der Waals surface area contributed by atoms with Crippen molar-refractivity contribution in [3.8, 4) is 0 Å². The predicted molar refractivity (Wildman–Crippen MR) is 135 cm³/mol. The van der Waals surface area contributed by atoms with E-state index in [2.05, 4.69) is 10.6 Å². The van der Waals surface area contributed by atoms with Gasteiger partial charge in [-0.1, -0.05) is 62.9 Å². The van der Waals surface area contributed by atoms with Crippen LogP contribution in [0, 0.1) is 5.92 Å². The molecule has 198 valence electrons. The minimum Gasteiger partial charge on any atom is -0.480 e. The average Bonchev–Trinajstić information content (AvgIpc) is 3.32. The van der Waals surface area contributed by atoms with E-state index in [1.165, 1.54) is 4.90 Å². The topological polar surface area (TPSA) is 153 Å². The molecule has 0 saturated carbocycles. The van der Waals surface area contributed by atoms with E-state index in [9.17, 15) is 34.2 Å². The van der Waals surface area contributed by atoms with Crippen molar-refractivity contribution < 1.29 is 34.2 Å². The van der Waals surface area contributed by atoms with Crippen molar-refractivity contribution >= 4 is 40.6 Å². The maximum atomic E-state index is 12.9. The number of carbonyl (C=O) groups excluding carboxylic acids is 4. The van der Waals surface area contributed by atoms with Gasteiger partial charge in [-0.3, -0.25) is 19.2 Å². The van der Waals surface area contributed by atoms with Crippen LogP contribution in [-0.2, 0) is 19.2 Å². The average molecular weight is 522 g/mol. The molecule has 1 unspecified atom stereocenters. The third kappa shape index (κ3) is 8.63. The van der Waals surface area contributed by atoms with Gasteiger partial charge in [0.1, 0.15) is 18.1 Å². The highest BCUT2D eigenvalue weighted by molar-refractivity contribution is 8.14. The largest absolute Gasteiger partial charge is 0.480 e. The fourth-order valence-corrected chi connectivity index (χ4v) is 4.86. The molecule has 0 aromatic heterocycles. The van der Waals surface area contributed by atoms with Crippen LogP contribution in [0.1, 0.15) is 56.8 Å². The number of hydrogen-bond donors (Lipinski definition) is 4. The van der Waals surface area contributed by atoms with Crippen LogP contribution in [0.25, 0.3) is 0 Å². The third-order valence-electron chi connectivity index (χ3n) is 5.79. The number of amides is 3. The zero-order chi connectivity index (χ0) is 26.8. The second kappa shape index (κ2) is 14.0. The van der Waals surface area contributed by atoms with Gasteiger partial charge in [-0.2, -0.15) is 0 Å². The number of carboxylic acid groups (broad SMARTS) is 1. The molecule has 1 aliphatic rings. The van der Waals surface area contributed by atoms with Crippen LogP contribution in [0.15, 0.2) is 30.3 Å². The summed E-state index contributed by atoms with van der Waals surface area (Å²) < 4.78 is 0. The molecule has 1 heterocycles. The first-order chi connectivity index (χ1) is 17.0. The van der Waals surface area contributed by atoms with Gasteiger partial charge in [-0.25, -0.2) is 4.79 Å². The van der Waals surface area contributed by atoms with Crippen molar-refractivity contribution in [2.24, 2.45) is 5.92 Å². The van der Waals surface area contributed by atoms with Gasteiger partial charge < -0.3 is 25.7 Å². The second-order valence-electron chi connectivity index (χ2n) is 9.30. The van der Waals surface area contributed by atoms with Gasteiger partial charge >= 0.3 is 5.97 Å². The Kier molecular flexibility index (Phi) is 11.4. The first kappa shape index (κ1) is 29.3. The lowest BCUT2D eigenvalue weighted by molar-refractivity contribution is -0.143. The molecule has 1 aromatic rings. The van der Waals surface area contributed by atoms with Crippen molar-refractivity contribution in [3.05, 3.63) is 35.9 Å². The minimum atomic E-state index is -1.35. The van der Waals surface area contributed by atoms with Crippen molar-refractivity contribution in [1.82, 2.24) is 15.5 Å². The Morgan fingerprint density at radius 2 is 1.72 bits per heavy atom. The highest BCUT2D eigenvalue weighted by Crippen LogP contribution is 2.24. The highest BCUT2D eigenvalue weighted by Gasteiger charge is 2.36. The number of thioether (sulfide) groups is 1. The summed E-state index contributed by atoms with van der Waals surface area (Å²) in [5.74, 6) is -2.87. The molecular formula is C25H35N3O7S. The number of likely N-dealkylation sites (tertiary alicyclic amines) is 1. The lowest BCUT2D eigenvalue weighted by Gasteiger charge is -2.27. The summed E-state index contributed by atoms with van der Waals surface area (Å²) in [6.07, 6.45) is 1.25. The Hall–Kier alpha value is -2.92. The van der Waals surface area contributed by atoms with E-state index in [0.717, 1.165) is 11.8 Å². The number of aliphatic hydroxyl groups excluding tert-OH is 1. The smallest absolute Gasteiger partial charge is 0.326 e. The van der Waals surface area contributed by atoms with Crippen LogP contribution >= 0.6 is 11.8 Å². The van der Waals surface area contributed by atoms with Crippen molar-refractivity contribution in [2.75, 3.05) is 13.2 Å². The zero-order valence-corrected chi connectivity index (χ0v) is 21.6. The van der Waals surface area contributed by atoms with Gasteiger partial charge in [-0.05, 0) is 25.2 Å². The molecule has 0 aliphatic carbocycles. The van der Waals surface area contributed by atoms with Gasteiger partial charge in [0.25, 0.3) is 0 Å². The van der Waals surface area contributed by atoms with Crippen LogP contribution in [0.3, 0.4) is 0 Å². The molecule has 1 saturated heterocycles. The van der Waals surface area contributed by atoms with Crippen LogP contribution in [0.2, 0.25) is 0 Å². The van der Waals surface area contributed by atoms with E-state index >= 15 is 0 Å². The summed E-state index contributed by atoms with van der Waals surface area (Å²) in [6, 6.07) is 5.46. The van der Waals surface area contributed by atoms with Crippen molar-refractivity contribution in [3.63, 3.8) is 0 Å². The third-order valence-corrected chi connectivity index (χ3v) is 6.81. The lowest BCUT2D eigenvalue weighted by Crippen LogP contribution is -2.56. The van der Waals surface area contributed by atoms with E-state index in [1.807, 2.05) is 19.9 Å². The van der Waals surface area contributed by atoms with E-state index in [1.54, 1.807) is 31.2 Å². The Balaban J connectivity index is 1.95. The summed E-state index contributed by atoms with van der Waals surface area (Å²) in [7, 11) is 0. The summed E-state index contributed by atoms with van der Waals surface area (Å²) in [4.78, 5) is 63.6. The van der Waals surface area contributed by atoms with E-state index in [0.29, 0.717) is 24.9 Å². The number of hydrogen-bond acceptors (Lipinski definition) is 7. The normalized spacial score (nSPS) is 17.8. The van der Waals surface area contributed by atoms with Gasteiger partial charge in [0.15, 0.2) is 0 Å². The number of nitrogens with zero attached hydrogens (tertiary/aromatic N) is 1. The Labute approximate surface area is 215 Å². The van der Waals surface area contributed by atoms with Crippen LogP contribution in [0.5, 0.6) is 0 Å². The molecule has 0 spiro atoms. The Morgan fingerprint density at radius 3 is 2.31 bits per heavy atom. The first-order valence-electron chi connectivity index (χ1n) is 12.0. The maximum Gasteiger partial charge on any atom is 0.326 e. The van der Waals surface area contributed by atoms with Crippen LogP contribution in [-0.4, -0.2) is 80.4 Å². The predicted octanol–water partition coefficient (Wildman–Crippen LogP) is 1.42. The minimum absolute atomic E-state index is 0.00942. The number of nitrogens with one attached hydrogen (secondary N) is 2. The van der Waals surface area contributed by atoms with Gasteiger partial charge in [0, 0.05) is 23.8 Å². The fourth-order valence-electron chi connectivity index (χ4n) is 3.99. The molecule has 0 radical (unpaired) electrons. The maximum absolute atomic E-state index is 12.9. The number of benzene rings is 1. The van der Waals surface area contributed by atoms with Crippen molar-refractivity contribution in [2.45, 2.75) is 69.8 Å². The number of rotatable bonds is 12. The lowest BCUT2D eigenvalue weighted by atomic mass is 10.0. The molecule has 0 bridgehead atoms. The Morgan fingerprint density at radius 1 is 1.06 bits per heavy atom. The molecule has 4 N–H and O–H groups in total. The van der Waals surface area contributed by atoms with E-state index in [-0.39, 0.29) is 35.0 Å². The van der Waals surface area contributed by atoms with Crippen LogP contribution in [0.4, 0.5) is 0 Å². The summed E-state index contributed by atoms with van der Waals surface area (Å²) in [6.45, 7) is 5.05. The number of carbonyl (C=O) groups is 5. The molecule has 3 amide bonds. The molecule has 1 aromatic carbocycles. The van der Waals surface area contributed by atoms with Gasteiger partial charge in [0.2, 0.25) is 22.8 Å². The number of carboxylic acids is 1. The monoisotopic (exact) mass is 521 g/mol. The van der Waals surface area contributed by atoms with E-state index in [4.69, 9.17) is 0 Å². The van der Waals surface area contributed by atoms with Gasteiger partial charge in [0.05, 0.1) is 6.61 Å². The quantitative estimate of drug-likeness (QED) is 0.322. The first-order valence-corrected chi connectivity index (χ1v) is 12.9. The molecule has 36 heavy (non-hydrogen) atoms. The summed E-state index contributed by atoms with van der Waals surface area (Å²) >= 11 is 1.06. The number of aliphatic carboxylic acids is 1. The molecule has 2 rings (SSSR count). The second-order valence-corrected chi connectivity index (χ2v) is 10.7. The molecule has 1 fully saturated rings. The van der Waals surface area contributed by atoms with Gasteiger partial charge in [-0.15, -0.1) is 0 Å². The standard InChI is InChI=1S/C25H35N3O7S/c1-15(2)12-18(24(33)34)26-22(31)19(14-29)27-23(32)20-10-7-11-28(20)21(30)13-16(3)36-25(35)17-8-5-4-6-9-17/h4-6,8-9,15-16,18-20,29H,7,10-14H2,1-3H3,(H,26,31)(H,27,32)(H,33,34)/t16?,18-,19-,20+/m0/s1. The highest BCUT2D eigenvalue weighted by atomic mass is 32.2. The van der Waals surface area contributed by atoms with Crippen molar-refractivity contribution in [1.29, 1.82) is 0 Å². The molecule has 1 aliphatic heterocycles. The fraction of sp³-hybridized carbons (Fsp3) is 0.560. The molecule has 4 atom stereocenters.